The summed E-state index contributed by atoms with van der Waals surface area (Å²) in [6.45, 7) is 1.73. The molecule has 1 saturated heterocycles. The highest BCUT2D eigenvalue weighted by atomic mass is 19.4. The van der Waals surface area contributed by atoms with Crippen LogP contribution in [0.5, 0.6) is 0 Å². The van der Waals surface area contributed by atoms with Crippen LogP contribution in [0, 0.1) is 0 Å². The molecule has 2 aromatic heterocycles. The summed E-state index contributed by atoms with van der Waals surface area (Å²) in [4.78, 5) is 3.80. The Kier molecular flexibility index (Phi) is 2.51. The number of hydrogen-bond donors (Lipinski definition) is 1. The van der Waals surface area contributed by atoms with Crippen molar-refractivity contribution < 1.29 is 13.2 Å². The van der Waals surface area contributed by atoms with Gasteiger partial charge < -0.3 is 5.32 Å². The van der Waals surface area contributed by atoms with Crippen LogP contribution in [0.1, 0.15) is 23.6 Å². The molecule has 1 atom stereocenters. The van der Waals surface area contributed by atoms with Gasteiger partial charge in [-0.15, -0.1) is 0 Å². The Bertz CT molecular complexity index is 569. The molecule has 0 radical (unpaired) electrons. The molecule has 2 aromatic rings. The number of alkyl halides is 3. The van der Waals surface area contributed by atoms with Gasteiger partial charge in [-0.3, -0.25) is 0 Å². The molecule has 0 amide bonds. The molecule has 4 nitrogen and oxygen atoms in total. The van der Waals surface area contributed by atoms with E-state index < -0.39 is 11.7 Å². The van der Waals surface area contributed by atoms with Crippen molar-refractivity contribution in [2.45, 2.75) is 18.5 Å². The second-order valence-corrected chi connectivity index (χ2v) is 4.40. The minimum Gasteiger partial charge on any atom is -0.316 e. The Morgan fingerprint density at radius 2 is 2.22 bits per heavy atom. The van der Waals surface area contributed by atoms with Crippen molar-refractivity contribution in [3.05, 3.63) is 29.7 Å². The van der Waals surface area contributed by atoms with E-state index in [1.807, 2.05) is 0 Å². The van der Waals surface area contributed by atoms with Gasteiger partial charge in [0.2, 0.25) is 0 Å². The number of nitrogens with zero attached hydrogens (tertiary/aromatic N) is 3. The molecule has 0 aliphatic carbocycles. The molecule has 96 valence electrons. The number of fused-ring (bicyclic) bond motifs is 1. The fourth-order valence-corrected chi connectivity index (χ4v) is 2.15. The third kappa shape index (κ3) is 1.94. The van der Waals surface area contributed by atoms with Crippen molar-refractivity contribution >= 4 is 5.65 Å². The first kappa shape index (κ1) is 11.5. The lowest BCUT2D eigenvalue weighted by molar-refractivity contribution is -0.138. The number of rotatable bonds is 1. The van der Waals surface area contributed by atoms with E-state index in [1.165, 1.54) is 4.52 Å². The molecule has 1 aliphatic heterocycles. The first-order valence-corrected chi connectivity index (χ1v) is 5.67. The molecule has 0 spiro atoms. The summed E-state index contributed by atoms with van der Waals surface area (Å²) in [7, 11) is 0. The summed E-state index contributed by atoms with van der Waals surface area (Å²) in [6, 6.07) is 1.75. The van der Waals surface area contributed by atoms with Gasteiger partial charge >= 0.3 is 6.18 Å². The maximum atomic E-state index is 12.5. The number of halogens is 3. The Morgan fingerprint density at radius 3 is 2.89 bits per heavy atom. The lowest BCUT2D eigenvalue weighted by Crippen LogP contribution is -2.09. The zero-order valence-electron chi connectivity index (χ0n) is 9.41. The molecule has 0 aromatic carbocycles. The van der Waals surface area contributed by atoms with Crippen LogP contribution in [0.4, 0.5) is 13.2 Å². The molecule has 1 fully saturated rings. The van der Waals surface area contributed by atoms with E-state index in [9.17, 15) is 13.2 Å². The smallest absolute Gasteiger partial charge is 0.316 e. The predicted octanol–water partition coefficient (Wildman–Crippen LogP) is 1.82. The highest BCUT2D eigenvalue weighted by Crippen LogP contribution is 2.29. The summed E-state index contributed by atoms with van der Waals surface area (Å²) in [5, 5.41) is 7.38. The molecular weight excluding hydrogens is 245 g/mol. The van der Waals surface area contributed by atoms with E-state index in [2.05, 4.69) is 15.4 Å². The van der Waals surface area contributed by atoms with Crippen LogP contribution < -0.4 is 5.32 Å². The molecule has 1 aliphatic rings. The van der Waals surface area contributed by atoms with Crippen molar-refractivity contribution in [2.75, 3.05) is 13.1 Å². The van der Waals surface area contributed by atoms with Gasteiger partial charge in [0.15, 0.2) is 5.65 Å². The van der Waals surface area contributed by atoms with Gasteiger partial charge in [-0.25, -0.2) is 9.50 Å². The monoisotopic (exact) mass is 256 g/mol. The highest BCUT2D eigenvalue weighted by Gasteiger charge is 2.31. The maximum absolute atomic E-state index is 12.5. The van der Waals surface area contributed by atoms with Gasteiger partial charge in [0, 0.05) is 30.9 Å². The van der Waals surface area contributed by atoms with E-state index in [0.29, 0.717) is 5.65 Å². The fourth-order valence-electron chi connectivity index (χ4n) is 2.15. The molecule has 1 unspecified atom stereocenters. The first-order chi connectivity index (χ1) is 8.54. The normalized spacial score (nSPS) is 20.7. The molecular formula is C11H11F3N4. The molecule has 3 heterocycles. The van der Waals surface area contributed by atoms with Gasteiger partial charge in [-0.2, -0.15) is 18.3 Å². The van der Waals surface area contributed by atoms with Gasteiger partial charge in [0.1, 0.15) is 0 Å². The fraction of sp³-hybridized carbons (Fsp3) is 0.455. The topological polar surface area (TPSA) is 42.2 Å². The second-order valence-electron chi connectivity index (χ2n) is 4.40. The average Bonchev–Trinajstić information content (AvgIpc) is 2.95. The lowest BCUT2D eigenvalue weighted by atomic mass is 10.1. The molecule has 1 N–H and O–H groups in total. The first-order valence-electron chi connectivity index (χ1n) is 5.67. The molecule has 7 heteroatoms. The van der Waals surface area contributed by atoms with Crippen LogP contribution in [0.3, 0.4) is 0 Å². The minimum atomic E-state index is -4.39. The molecule has 3 rings (SSSR count). The van der Waals surface area contributed by atoms with E-state index in [1.54, 1.807) is 6.07 Å². The van der Waals surface area contributed by atoms with Gasteiger partial charge in [0.25, 0.3) is 0 Å². The van der Waals surface area contributed by atoms with Crippen molar-refractivity contribution in [3.63, 3.8) is 0 Å². The minimum absolute atomic E-state index is 0.265. The Morgan fingerprint density at radius 1 is 1.39 bits per heavy atom. The largest absolute Gasteiger partial charge is 0.419 e. The highest BCUT2D eigenvalue weighted by molar-refractivity contribution is 5.41. The van der Waals surface area contributed by atoms with Crippen molar-refractivity contribution in [2.24, 2.45) is 0 Å². The zero-order chi connectivity index (χ0) is 12.8. The number of hydrogen-bond acceptors (Lipinski definition) is 3. The lowest BCUT2D eigenvalue weighted by Gasteiger charge is -2.05. The third-order valence-electron chi connectivity index (χ3n) is 3.14. The van der Waals surface area contributed by atoms with E-state index in [4.69, 9.17) is 0 Å². The van der Waals surface area contributed by atoms with Crippen LogP contribution in [0.2, 0.25) is 0 Å². The zero-order valence-corrected chi connectivity index (χ0v) is 9.41. The molecule has 0 saturated carbocycles. The second kappa shape index (κ2) is 3.94. The summed E-state index contributed by atoms with van der Waals surface area (Å²) >= 11 is 0. The maximum Gasteiger partial charge on any atom is 0.419 e. The van der Waals surface area contributed by atoms with Crippen LogP contribution in [-0.2, 0) is 6.18 Å². The van der Waals surface area contributed by atoms with Gasteiger partial charge in [-0.1, -0.05) is 0 Å². The number of nitrogens with one attached hydrogen (secondary N) is 1. The number of aromatic nitrogens is 3. The standard InChI is InChI=1S/C11H11F3N4/c12-11(13,14)8-5-16-10-3-9(17-18(10)6-8)7-1-2-15-4-7/h3,5-7,15H,1-2,4H2. The van der Waals surface area contributed by atoms with Gasteiger partial charge in [-0.05, 0) is 13.0 Å². The van der Waals surface area contributed by atoms with Crippen LogP contribution >= 0.6 is 0 Å². The molecule has 0 bridgehead atoms. The summed E-state index contributed by atoms with van der Waals surface area (Å²) in [5.41, 5.74) is 0.464. The Balaban J connectivity index is 2.01. The van der Waals surface area contributed by atoms with E-state index in [0.717, 1.165) is 37.6 Å². The summed E-state index contributed by atoms with van der Waals surface area (Å²) in [5.74, 6) is 0.265. The third-order valence-corrected chi connectivity index (χ3v) is 3.14. The SMILES string of the molecule is FC(F)(F)c1cnc2cc(C3CCNC3)nn2c1. The van der Waals surface area contributed by atoms with Crippen molar-refractivity contribution in [1.82, 2.24) is 19.9 Å². The van der Waals surface area contributed by atoms with Crippen molar-refractivity contribution in [1.29, 1.82) is 0 Å². The summed E-state index contributed by atoms with van der Waals surface area (Å²) in [6.07, 6.45) is -1.61. The quantitative estimate of drug-likeness (QED) is 0.846. The Labute approximate surface area is 101 Å². The van der Waals surface area contributed by atoms with Gasteiger partial charge in [0.05, 0.1) is 11.3 Å². The average molecular weight is 256 g/mol. The van der Waals surface area contributed by atoms with E-state index in [-0.39, 0.29) is 5.92 Å². The van der Waals surface area contributed by atoms with E-state index >= 15 is 0 Å². The van der Waals surface area contributed by atoms with Crippen LogP contribution in [0.25, 0.3) is 5.65 Å². The van der Waals surface area contributed by atoms with Crippen LogP contribution in [-0.4, -0.2) is 27.7 Å². The van der Waals surface area contributed by atoms with Crippen molar-refractivity contribution in [3.8, 4) is 0 Å². The molecule has 18 heavy (non-hydrogen) atoms. The summed E-state index contributed by atoms with van der Waals surface area (Å²) < 4.78 is 38.8. The van der Waals surface area contributed by atoms with Crippen LogP contribution in [0.15, 0.2) is 18.5 Å². The Hall–Kier alpha value is -1.63. The predicted molar refractivity (Wildman–Crippen MR) is 58.2 cm³/mol.